The van der Waals surface area contributed by atoms with Gasteiger partial charge in [0, 0.05) is 18.7 Å². The van der Waals surface area contributed by atoms with Crippen LogP contribution in [0.25, 0.3) is 17.1 Å². The fourth-order valence-corrected chi connectivity index (χ4v) is 3.88. The number of rotatable bonds is 4. The third-order valence-corrected chi connectivity index (χ3v) is 5.46. The molecule has 2 aromatic heterocycles. The molecule has 4 aromatic rings. The molecule has 1 amide bonds. The number of carbonyl (C=O) groups excluding carboxylic acids is 1. The maximum absolute atomic E-state index is 13.3. The maximum Gasteiger partial charge on any atom is 0.272 e. The van der Waals surface area contributed by atoms with Crippen LogP contribution >= 0.6 is 0 Å². The van der Waals surface area contributed by atoms with Gasteiger partial charge in [-0.15, -0.1) is 0 Å². The number of benzene rings is 2. The summed E-state index contributed by atoms with van der Waals surface area (Å²) in [5.74, 6) is 0.467. The number of halogens is 1. The van der Waals surface area contributed by atoms with Crippen LogP contribution < -0.4 is 0 Å². The third kappa shape index (κ3) is 3.84. The number of hydrogen-bond acceptors (Lipinski definition) is 5. The Kier molecular flexibility index (Phi) is 5.03. The second-order valence-electron chi connectivity index (χ2n) is 7.52. The average Bonchev–Trinajstić information content (AvgIpc) is 3.50. The van der Waals surface area contributed by atoms with Gasteiger partial charge >= 0.3 is 0 Å². The van der Waals surface area contributed by atoms with E-state index in [9.17, 15) is 9.18 Å². The van der Waals surface area contributed by atoms with Gasteiger partial charge in [0.05, 0.1) is 17.8 Å². The summed E-state index contributed by atoms with van der Waals surface area (Å²) < 4.78 is 20.3. The third-order valence-electron chi connectivity index (χ3n) is 5.46. The lowest BCUT2D eigenvalue weighted by Crippen LogP contribution is -2.40. The number of piperidine rings is 1. The first-order valence-electron chi connectivity index (χ1n) is 10.2. The fourth-order valence-electron chi connectivity index (χ4n) is 3.88. The highest BCUT2D eigenvalue weighted by molar-refractivity contribution is 5.93. The van der Waals surface area contributed by atoms with Crippen molar-refractivity contribution in [3.8, 4) is 17.1 Å². The smallest absolute Gasteiger partial charge is 0.272 e. The standard InChI is InChI=1S/C23H20FN5O2/c24-18-10-8-16(9-11-18)21-26-22(31-27-21)17-5-4-14-28(15-17)23(30)20-12-13-25-29(20)19-6-2-1-3-7-19/h1-3,6-13,17H,4-5,14-15H2/t17-/m0/s1. The summed E-state index contributed by atoms with van der Waals surface area (Å²) in [5.41, 5.74) is 2.04. The second-order valence-corrected chi connectivity index (χ2v) is 7.52. The molecule has 1 aliphatic rings. The number of hydrogen-bond donors (Lipinski definition) is 0. The van der Waals surface area contributed by atoms with Gasteiger partial charge in [-0.05, 0) is 55.3 Å². The van der Waals surface area contributed by atoms with Gasteiger partial charge in [0.1, 0.15) is 11.5 Å². The zero-order valence-electron chi connectivity index (χ0n) is 16.7. The van der Waals surface area contributed by atoms with E-state index in [1.54, 1.807) is 29.1 Å². The molecule has 0 aliphatic carbocycles. The number of amides is 1. The first-order valence-corrected chi connectivity index (χ1v) is 10.2. The molecule has 0 spiro atoms. The Morgan fingerprint density at radius 2 is 1.87 bits per heavy atom. The first-order chi connectivity index (χ1) is 15.2. The van der Waals surface area contributed by atoms with E-state index in [1.807, 2.05) is 35.2 Å². The van der Waals surface area contributed by atoms with Crippen molar-refractivity contribution in [1.29, 1.82) is 0 Å². The van der Waals surface area contributed by atoms with E-state index in [4.69, 9.17) is 4.52 Å². The SMILES string of the molecule is O=C(c1ccnn1-c1ccccc1)N1CCC[C@H](c2nc(-c3ccc(F)cc3)no2)C1. The molecule has 1 fully saturated rings. The molecule has 31 heavy (non-hydrogen) atoms. The Morgan fingerprint density at radius 3 is 2.68 bits per heavy atom. The monoisotopic (exact) mass is 417 g/mol. The van der Waals surface area contributed by atoms with Crippen molar-refractivity contribution in [3.05, 3.63) is 84.3 Å². The van der Waals surface area contributed by atoms with Crippen molar-refractivity contribution in [2.45, 2.75) is 18.8 Å². The van der Waals surface area contributed by atoms with Gasteiger partial charge in [0.2, 0.25) is 11.7 Å². The Morgan fingerprint density at radius 1 is 1.06 bits per heavy atom. The Bertz CT molecular complexity index is 1190. The molecule has 0 unspecified atom stereocenters. The van der Waals surface area contributed by atoms with E-state index in [0.717, 1.165) is 18.5 Å². The van der Waals surface area contributed by atoms with E-state index in [2.05, 4.69) is 15.2 Å². The summed E-state index contributed by atoms with van der Waals surface area (Å²) in [7, 11) is 0. The van der Waals surface area contributed by atoms with E-state index in [-0.39, 0.29) is 17.6 Å². The molecular weight excluding hydrogens is 397 g/mol. The summed E-state index contributed by atoms with van der Waals surface area (Å²) in [5, 5.41) is 8.36. The molecule has 2 aromatic carbocycles. The highest BCUT2D eigenvalue weighted by Crippen LogP contribution is 2.28. The Balaban J connectivity index is 1.34. The molecule has 3 heterocycles. The lowest BCUT2D eigenvalue weighted by atomic mass is 9.97. The highest BCUT2D eigenvalue weighted by Gasteiger charge is 2.30. The molecule has 156 valence electrons. The Labute approximate surface area is 178 Å². The predicted octanol–water partition coefficient (Wildman–Crippen LogP) is 4.08. The van der Waals surface area contributed by atoms with Gasteiger partial charge in [0.15, 0.2) is 0 Å². The quantitative estimate of drug-likeness (QED) is 0.500. The van der Waals surface area contributed by atoms with Crippen molar-refractivity contribution in [2.24, 2.45) is 0 Å². The molecule has 0 N–H and O–H groups in total. The molecule has 0 bridgehead atoms. The number of likely N-dealkylation sites (tertiary alicyclic amines) is 1. The molecule has 0 saturated carbocycles. The van der Waals surface area contributed by atoms with Crippen molar-refractivity contribution in [1.82, 2.24) is 24.8 Å². The van der Waals surface area contributed by atoms with E-state index >= 15 is 0 Å². The van der Waals surface area contributed by atoms with Crippen LogP contribution in [0.3, 0.4) is 0 Å². The minimum Gasteiger partial charge on any atom is -0.339 e. The minimum absolute atomic E-state index is 0.0486. The molecule has 0 radical (unpaired) electrons. The molecule has 5 rings (SSSR count). The van der Waals surface area contributed by atoms with Crippen LogP contribution in [0.1, 0.15) is 35.1 Å². The molecular formula is C23H20FN5O2. The number of carbonyl (C=O) groups is 1. The lowest BCUT2D eigenvalue weighted by molar-refractivity contribution is 0.0686. The molecule has 8 heteroatoms. The second kappa shape index (κ2) is 8.14. The average molecular weight is 417 g/mol. The van der Waals surface area contributed by atoms with Crippen LogP contribution in [0.4, 0.5) is 4.39 Å². The molecule has 1 atom stereocenters. The number of para-hydroxylation sites is 1. The summed E-state index contributed by atoms with van der Waals surface area (Å²) in [4.78, 5) is 19.6. The van der Waals surface area contributed by atoms with Crippen LogP contribution in [0.2, 0.25) is 0 Å². The molecule has 1 saturated heterocycles. The van der Waals surface area contributed by atoms with Crippen LogP contribution in [-0.4, -0.2) is 43.8 Å². The van der Waals surface area contributed by atoms with E-state index < -0.39 is 0 Å². The highest BCUT2D eigenvalue weighted by atomic mass is 19.1. The van der Waals surface area contributed by atoms with Gasteiger partial charge in [-0.1, -0.05) is 23.4 Å². The number of aromatic nitrogens is 4. The topological polar surface area (TPSA) is 77.1 Å². The maximum atomic E-state index is 13.3. The summed E-state index contributed by atoms with van der Waals surface area (Å²) in [6, 6.07) is 17.3. The predicted molar refractivity (Wildman–Crippen MR) is 111 cm³/mol. The van der Waals surface area contributed by atoms with Crippen LogP contribution in [0.5, 0.6) is 0 Å². The Hall–Kier alpha value is -3.81. The van der Waals surface area contributed by atoms with Gasteiger partial charge in [0.25, 0.3) is 5.91 Å². The lowest BCUT2D eigenvalue weighted by Gasteiger charge is -2.31. The van der Waals surface area contributed by atoms with Gasteiger partial charge < -0.3 is 9.42 Å². The van der Waals surface area contributed by atoms with Crippen molar-refractivity contribution in [3.63, 3.8) is 0 Å². The molecule has 7 nitrogen and oxygen atoms in total. The van der Waals surface area contributed by atoms with E-state index in [0.29, 0.717) is 36.1 Å². The van der Waals surface area contributed by atoms with Gasteiger partial charge in [-0.2, -0.15) is 10.1 Å². The number of nitrogens with zero attached hydrogens (tertiary/aromatic N) is 5. The zero-order valence-corrected chi connectivity index (χ0v) is 16.7. The van der Waals surface area contributed by atoms with Crippen LogP contribution in [0, 0.1) is 5.82 Å². The summed E-state index contributed by atoms with van der Waals surface area (Å²) in [6.45, 7) is 1.15. The van der Waals surface area contributed by atoms with Crippen molar-refractivity contribution in [2.75, 3.05) is 13.1 Å². The van der Waals surface area contributed by atoms with Crippen molar-refractivity contribution >= 4 is 5.91 Å². The summed E-state index contributed by atoms with van der Waals surface area (Å²) >= 11 is 0. The minimum atomic E-state index is -0.316. The van der Waals surface area contributed by atoms with Gasteiger partial charge in [-0.3, -0.25) is 4.79 Å². The van der Waals surface area contributed by atoms with Crippen molar-refractivity contribution < 1.29 is 13.7 Å². The molecule has 1 aliphatic heterocycles. The van der Waals surface area contributed by atoms with Crippen LogP contribution in [-0.2, 0) is 0 Å². The summed E-state index contributed by atoms with van der Waals surface area (Å²) in [6.07, 6.45) is 3.32. The largest absolute Gasteiger partial charge is 0.339 e. The first kappa shape index (κ1) is 19.2. The van der Waals surface area contributed by atoms with Gasteiger partial charge in [-0.25, -0.2) is 9.07 Å². The zero-order chi connectivity index (χ0) is 21.2. The fraction of sp³-hybridized carbons (Fsp3) is 0.217. The van der Waals surface area contributed by atoms with Crippen LogP contribution in [0.15, 0.2) is 71.4 Å². The van der Waals surface area contributed by atoms with E-state index in [1.165, 1.54) is 12.1 Å². The normalized spacial score (nSPS) is 16.4.